The molecule has 0 spiro atoms. The molecule has 0 aromatic heterocycles. The largest absolute Gasteiger partial charge is 0.478 e. The van der Waals surface area contributed by atoms with E-state index in [1.54, 1.807) is 27.1 Å². The maximum Gasteiger partial charge on any atom is 0.331 e. The van der Waals surface area contributed by atoms with Crippen molar-refractivity contribution in [1.82, 2.24) is 15.5 Å². The van der Waals surface area contributed by atoms with Crippen LogP contribution in [0.15, 0.2) is 35.9 Å². The number of rotatable bonds is 9. The number of carbonyl (C=O) groups is 3. The van der Waals surface area contributed by atoms with Crippen molar-refractivity contribution >= 4 is 23.5 Å². The molecule has 0 saturated heterocycles. The summed E-state index contributed by atoms with van der Waals surface area (Å²) in [6.07, 6.45) is 1.93. The van der Waals surface area contributed by atoms with Gasteiger partial charge < -0.3 is 26.4 Å². The van der Waals surface area contributed by atoms with E-state index in [9.17, 15) is 14.4 Å². The molecule has 0 heterocycles. The first kappa shape index (κ1) is 26.2. The van der Waals surface area contributed by atoms with E-state index in [1.807, 2.05) is 39.0 Å². The minimum atomic E-state index is -1.04. The minimum Gasteiger partial charge on any atom is -0.478 e. The summed E-state index contributed by atoms with van der Waals surface area (Å²) in [5.74, 6) is -1.62. The van der Waals surface area contributed by atoms with Crippen LogP contribution in [0, 0.1) is 5.41 Å². The lowest BCUT2D eigenvalue weighted by Gasteiger charge is -2.36. The zero-order chi connectivity index (χ0) is 23.9. The lowest BCUT2D eigenvalue weighted by molar-refractivity contribution is -0.139. The molecule has 5 N–H and O–H groups in total. The first-order valence-electron chi connectivity index (χ1n) is 10.3. The number of carbonyl (C=O) groups excluding carboxylic acids is 2. The Kier molecular flexibility index (Phi) is 9.24. The van der Waals surface area contributed by atoms with Crippen molar-refractivity contribution in [3.63, 3.8) is 0 Å². The Bertz CT molecular complexity index is 829. The van der Waals surface area contributed by atoms with Gasteiger partial charge in [-0.05, 0) is 50.4 Å². The molecule has 0 bridgehead atoms. The molecule has 1 unspecified atom stereocenters. The number of nitrogens with one attached hydrogen (secondary N) is 2. The highest BCUT2D eigenvalue weighted by atomic mass is 16.4. The number of carboxylic acid groups (broad SMARTS) is 1. The van der Waals surface area contributed by atoms with Crippen LogP contribution in [0.4, 0.5) is 5.69 Å². The number of nitrogen functional groups attached to an aromatic ring is 1. The fraction of sp³-hybridized carbons (Fsp3) is 0.522. The van der Waals surface area contributed by atoms with E-state index in [-0.39, 0.29) is 17.4 Å². The van der Waals surface area contributed by atoms with E-state index in [2.05, 4.69) is 10.6 Å². The number of anilines is 1. The summed E-state index contributed by atoms with van der Waals surface area (Å²) < 4.78 is 0. The van der Waals surface area contributed by atoms with Crippen LogP contribution in [-0.2, 0) is 20.8 Å². The van der Waals surface area contributed by atoms with Crippen LogP contribution < -0.4 is 16.4 Å². The standard InChI is InChI=1S/C23H36N4O4/c1-14(22(30)31)11-15(2)27(7)21(29)19(23(3,4)5)26-20(28)18(25-6)13-16-9-8-10-17(24)12-16/h8-12,15,18-19,25H,13,24H2,1-7H3,(H,26,28)(H,30,31)/b14-11+/t15-,18?,19+/m0/s1. The van der Waals surface area contributed by atoms with Crippen LogP contribution in [0.5, 0.6) is 0 Å². The molecule has 0 radical (unpaired) electrons. The normalized spacial score (nSPS) is 15.0. The number of likely N-dealkylation sites (N-methyl/N-ethyl adjacent to an activating group) is 2. The van der Waals surface area contributed by atoms with Crippen molar-refractivity contribution in [3.8, 4) is 0 Å². The molecule has 1 aromatic rings. The lowest BCUT2D eigenvalue weighted by atomic mass is 9.85. The quantitative estimate of drug-likeness (QED) is 0.348. The number of nitrogens with two attached hydrogens (primary N) is 1. The van der Waals surface area contributed by atoms with Crippen LogP contribution in [-0.4, -0.2) is 60.0 Å². The highest BCUT2D eigenvalue weighted by Gasteiger charge is 2.36. The van der Waals surface area contributed by atoms with Gasteiger partial charge in [-0.25, -0.2) is 4.79 Å². The Morgan fingerprint density at radius 2 is 1.87 bits per heavy atom. The third-order valence-corrected chi connectivity index (χ3v) is 5.24. The van der Waals surface area contributed by atoms with E-state index >= 15 is 0 Å². The van der Waals surface area contributed by atoms with E-state index in [1.165, 1.54) is 17.9 Å². The van der Waals surface area contributed by atoms with E-state index < -0.39 is 29.5 Å². The van der Waals surface area contributed by atoms with Gasteiger partial charge in [0.25, 0.3) is 0 Å². The maximum absolute atomic E-state index is 13.2. The van der Waals surface area contributed by atoms with E-state index in [4.69, 9.17) is 10.8 Å². The van der Waals surface area contributed by atoms with Gasteiger partial charge in [-0.1, -0.05) is 39.0 Å². The van der Waals surface area contributed by atoms with Gasteiger partial charge in [0.1, 0.15) is 6.04 Å². The Hall–Kier alpha value is -2.87. The SMILES string of the molecule is CNC(Cc1cccc(N)c1)C(=O)N[C@H](C(=O)N(C)[C@@H](C)/C=C(\C)C(=O)O)C(C)(C)C. The Balaban J connectivity index is 3.03. The molecule has 1 rings (SSSR count). The van der Waals surface area contributed by atoms with Crippen molar-refractivity contribution < 1.29 is 19.5 Å². The first-order chi connectivity index (χ1) is 14.3. The molecular weight excluding hydrogens is 396 g/mol. The minimum absolute atomic E-state index is 0.154. The summed E-state index contributed by atoms with van der Waals surface area (Å²) in [5, 5.41) is 15.0. The molecule has 1 aromatic carbocycles. The average Bonchev–Trinajstić information content (AvgIpc) is 2.67. The average molecular weight is 433 g/mol. The number of amides is 2. The first-order valence-corrected chi connectivity index (χ1v) is 10.3. The molecule has 2 amide bonds. The van der Waals surface area contributed by atoms with Gasteiger partial charge >= 0.3 is 5.97 Å². The number of aliphatic carboxylic acids is 1. The highest BCUT2D eigenvalue weighted by molar-refractivity contribution is 5.91. The predicted molar refractivity (Wildman–Crippen MR) is 122 cm³/mol. The number of hydrogen-bond donors (Lipinski definition) is 4. The lowest BCUT2D eigenvalue weighted by Crippen LogP contribution is -2.58. The molecule has 0 aliphatic carbocycles. The fourth-order valence-corrected chi connectivity index (χ4v) is 3.12. The van der Waals surface area contributed by atoms with Crippen molar-refractivity contribution in [2.45, 2.75) is 59.2 Å². The van der Waals surface area contributed by atoms with Gasteiger partial charge in [-0.2, -0.15) is 0 Å². The second kappa shape index (κ2) is 10.9. The molecule has 8 nitrogen and oxygen atoms in total. The van der Waals surface area contributed by atoms with Gasteiger partial charge in [0.05, 0.1) is 6.04 Å². The predicted octanol–water partition coefficient (Wildman–Crippen LogP) is 1.81. The summed E-state index contributed by atoms with van der Waals surface area (Å²) in [4.78, 5) is 38.8. The van der Waals surface area contributed by atoms with E-state index in [0.29, 0.717) is 12.1 Å². The molecule has 172 valence electrons. The van der Waals surface area contributed by atoms with Crippen LogP contribution in [0.1, 0.15) is 40.2 Å². The smallest absolute Gasteiger partial charge is 0.331 e. The third-order valence-electron chi connectivity index (χ3n) is 5.24. The Morgan fingerprint density at radius 1 is 1.26 bits per heavy atom. The van der Waals surface area contributed by atoms with Crippen molar-refractivity contribution in [2.75, 3.05) is 19.8 Å². The molecule has 0 aliphatic heterocycles. The van der Waals surface area contributed by atoms with Crippen molar-refractivity contribution in [2.24, 2.45) is 5.41 Å². The van der Waals surface area contributed by atoms with Crippen LogP contribution >= 0.6 is 0 Å². The number of carboxylic acids is 1. The third kappa shape index (κ3) is 7.71. The van der Waals surface area contributed by atoms with Crippen molar-refractivity contribution in [3.05, 3.63) is 41.5 Å². The number of hydrogen-bond acceptors (Lipinski definition) is 5. The molecule has 0 fully saturated rings. The Labute approximate surface area is 184 Å². The molecular formula is C23H36N4O4. The van der Waals surface area contributed by atoms with E-state index in [0.717, 1.165) is 5.56 Å². The van der Waals surface area contributed by atoms with Crippen molar-refractivity contribution in [1.29, 1.82) is 0 Å². The van der Waals surface area contributed by atoms with Crippen LogP contribution in [0.2, 0.25) is 0 Å². The van der Waals surface area contributed by atoms with Crippen LogP contribution in [0.25, 0.3) is 0 Å². The summed E-state index contributed by atoms with van der Waals surface area (Å²) >= 11 is 0. The van der Waals surface area contributed by atoms with Gasteiger partial charge in [0.15, 0.2) is 0 Å². The summed E-state index contributed by atoms with van der Waals surface area (Å²) in [7, 11) is 3.30. The molecule has 0 saturated carbocycles. The number of nitrogens with zero attached hydrogens (tertiary/aromatic N) is 1. The topological polar surface area (TPSA) is 125 Å². The second-order valence-electron chi connectivity index (χ2n) is 8.94. The zero-order valence-corrected chi connectivity index (χ0v) is 19.5. The fourth-order valence-electron chi connectivity index (χ4n) is 3.12. The maximum atomic E-state index is 13.2. The van der Waals surface area contributed by atoms with Gasteiger partial charge in [-0.15, -0.1) is 0 Å². The zero-order valence-electron chi connectivity index (χ0n) is 19.5. The van der Waals surface area contributed by atoms with Gasteiger partial charge in [-0.3, -0.25) is 9.59 Å². The molecule has 3 atom stereocenters. The summed E-state index contributed by atoms with van der Waals surface area (Å²) in [5.41, 5.74) is 6.96. The van der Waals surface area contributed by atoms with Crippen LogP contribution in [0.3, 0.4) is 0 Å². The molecule has 31 heavy (non-hydrogen) atoms. The van der Waals surface area contributed by atoms with Gasteiger partial charge in [0, 0.05) is 24.4 Å². The second-order valence-corrected chi connectivity index (χ2v) is 8.94. The molecule has 0 aliphatic rings. The summed E-state index contributed by atoms with van der Waals surface area (Å²) in [6.45, 7) is 8.84. The highest BCUT2D eigenvalue weighted by Crippen LogP contribution is 2.22. The Morgan fingerprint density at radius 3 is 2.35 bits per heavy atom. The van der Waals surface area contributed by atoms with Gasteiger partial charge in [0.2, 0.25) is 11.8 Å². The number of benzene rings is 1. The monoisotopic (exact) mass is 432 g/mol. The molecule has 8 heteroatoms. The summed E-state index contributed by atoms with van der Waals surface area (Å²) in [6, 6.07) is 5.55.